The number of nitrogens with one attached hydrogen (secondary N) is 1. The Morgan fingerprint density at radius 2 is 1.75 bits per heavy atom. The van der Waals surface area contributed by atoms with Crippen molar-refractivity contribution in [3.05, 3.63) is 0 Å². The summed E-state index contributed by atoms with van der Waals surface area (Å²) in [4.78, 5) is 0. The fourth-order valence-corrected chi connectivity index (χ4v) is 2.09. The fourth-order valence-electron chi connectivity index (χ4n) is 1.39. The van der Waals surface area contributed by atoms with Crippen molar-refractivity contribution in [3.63, 3.8) is 0 Å². The molecule has 4 heteroatoms. The van der Waals surface area contributed by atoms with Crippen molar-refractivity contribution in [1.29, 1.82) is 0 Å². The molecule has 0 radical (unpaired) electrons. The van der Waals surface area contributed by atoms with E-state index in [0.29, 0.717) is 19.3 Å². The minimum atomic E-state index is -0.0477. The van der Waals surface area contributed by atoms with E-state index in [1.165, 1.54) is 11.5 Å². The average Bonchev–Trinajstić information content (AvgIpc) is 2.27. The van der Waals surface area contributed by atoms with E-state index in [-0.39, 0.29) is 6.29 Å². The predicted molar refractivity (Wildman–Crippen MR) is 72.1 cm³/mol. The lowest BCUT2D eigenvalue weighted by Gasteiger charge is -2.19. The molecule has 3 nitrogen and oxygen atoms in total. The molecule has 0 aliphatic heterocycles. The quantitative estimate of drug-likeness (QED) is 0.570. The molecule has 0 aliphatic carbocycles. The van der Waals surface area contributed by atoms with E-state index >= 15 is 0 Å². The first-order valence-corrected chi connectivity index (χ1v) is 7.44. The van der Waals surface area contributed by atoms with E-state index < -0.39 is 0 Å². The summed E-state index contributed by atoms with van der Waals surface area (Å²) < 4.78 is 11.0. The monoisotopic (exact) mass is 249 g/mol. The lowest BCUT2D eigenvalue weighted by atomic mass is 10.3. The summed E-state index contributed by atoms with van der Waals surface area (Å²) in [5.74, 6) is 2.36. The van der Waals surface area contributed by atoms with Crippen LogP contribution >= 0.6 is 11.8 Å². The summed E-state index contributed by atoms with van der Waals surface area (Å²) in [5.41, 5.74) is 0. The Balaban J connectivity index is 3.51. The Morgan fingerprint density at radius 1 is 1.12 bits per heavy atom. The van der Waals surface area contributed by atoms with Crippen LogP contribution in [0.1, 0.15) is 34.1 Å². The van der Waals surface area contributed by atoms with Gasteiger partial charge in [-0.1, -0.05) is 6.92 Å². The second kappa shape index (κ2) is 11.7. The van der Waals surface area contributed by atoms with Crippen molar-refractivity contribution in [3.8, 4) is 0 Å². The molecule has 0 aromatic heterocycles. The van der Waals surface area contributed by atoms with Gasteiger partial charge in [0.2, 0.25) is 0 Å². The third kappa shape index (κ3) is 9.46. The van der Waals surface area contributed by atoms with Crippen LogP contribution in [0.25, 0.3) is 0 Å². The number of hydrogen-bond donors (Lipinski definition) is 1. The Hall–Kier alpha value is 0.230. The van der Waals surface area contributed by atoms with Gasteiger partial charge in [0.15, 0.2) is 6.29 Å². The van der Waals surface area contributed by atoms with Crippen molar-refractivity contribution in [2.75, 3.05) is 31.3 Å². The highest BCUT2D eigenvalue weighted by atomic mass is 32.2. The molecular weight excluding hydrogens is 222 g/mol. The zero-order valence-corrected chi connectivity index (χ0v) is 11.9. The first-order valence-electron chi connectivity index (χ1n) is 6.28. The molecule has 1 unspecified atom stereocenters. The molecule has 0 saturated heterocycles. The van der Waals surface area contributed by atoms with Crippen LogP contribution in [0, 0.1) is 0 Å². The Bertz CT molecular complexity index is 141. The highest BCUT2D eigenvalue weighted by Gasteiger charge is 2.08. The van der Waals surface area contributed by atoms with Crippen LogP contribution in [0.3, 0.4) is 0 Å². The van der Waals surface area contributed by atoms with Crippen molar-refractivity contribution >= 4 is 11.8 Å². The van der Waals surface area contributed by atoms with Gasteiger partial charge in [-0.15, -0.1) is 0 Å². The number of rotatable bonds is 11. The summed E-state index contributed by atoms with van der Waals surface area (Å²) in [6.07, 6.45) is 0.872. The molecule has 0 rings (SSSR count). The fraction of sp³-hybridized carbons (Fsp3) is 1.00. The largest absolute Gasteiger partial charge is 0.353 e. The third-order valence-corrected chi connectivity index (χ3v) is 3.29. The number of ether oxygens (including phenoxy) is 2. The smallest absolute Gasteiger partial charge is 0.158 e. The van der Waals surface area contributed by atoms with Crippen molar-refractivity contribution in [1.82, 2.24) is 5.32 Å². The molecule has 0 fully saturated rings. The second-order valence-corrected chi connectivity index (χ2v) is 4.96. The molecule has 0 amide bonds. The van der Waals surface area contributed by atoms with Crippen LogP contribution in [0.4, 0.5) is 0 Å². The molecule has 0 aliphatic rings. The van der Waals surface area contributed by atoms with Crippen LogP contribution in [-0.4, -0.2) is 43.6 Å². The van der Waals surface area contributed by atoms with Gasteiger partial charge in [-0.05, 0) is 26.5 Å². The molecule has 0 spiro atoms. The first kappa shape index (κ1) is 16.2. The molecule has 1 atom stereocenters. The maximum Gasteiger partial charge on any atom is 0.158 e. The molecule has 0 aromatic carbocycles. The van der Waals surface area contributed by atoms with Crippen molar-refractivity contribution in [2.45, 2.75) is 46.4 Å². The summed E-state index contributed by atoms with van der Waals surface area (Å²) in [6.45, 7) is 10.8. The van der Waals surface area contributed by atoms with Crippen LogP contribution in [0.5, 0.6) is 0 Å². The van der Waals surface area contributed by atoms with Gasteiger partial charge >= 0.3 is 0 Å². The Morgan fingerprint density at radius 3 is 2.25 bits per heavy atom. The van der Waals surface area contributed by atoms with E-state index in [1.807, 2.05) is 25.6 Å². The molecule has 16 heavy (non-hydrogen) atoms. The molecule has 0 bridgehead atoms. The number of thioether (sulfide) groups is 1. The van der Waals surface area contributed by atoms with E-state index in [9.17, 15) is 0 Å². The van der Waals surface area contributed by atoms with Gasteiger partial charge in [0.25, 0.3) is 0 Å². The third-order valence-electron chi connectivity index (χ3n) is 2.15. The second-order valence-electron chi connectivity index (χ2n) is 3.64. The summed E-state index contributed by atoms with van der Waals surface area (Å²) in [5, 5.41) is 3.48. The molecule has 98 valence electrons. The summed E-state index contributed by atoms with van der Waals surface area (Å²) in [6, 6.07) is 0.564. The topological polar surface area (TPSA) is 30.5 Å². The van der Waals surface area contributed by atoms with E-state index in [4.69, 9.17) is 9.47 Å². The Kier molecular flexibility index (Phi) is 11.9. The van der Waals surface area contributed by atoms with Crippen LogP contribution in [0.2, 0.25) is 0 Å². The van der Waals surface area contributed by atoms with Gasteiger partial charge in [0.05, 0.1) is 0 Å². The van der Waals surface area contributed by atoms with E-state index in [0.717, 1.165) is 13.0 Å². The maximum atomic E-state index is 5.48. The van der Waals surface area contributed by atoms with Crippen LogP contribution < -0.4 is 5.32 Å². The minimum absolute atomic E-state index is 0.0477. The van der Waals surface area contributed by atoms with Gasteiger partial charge < -0.3 is 14.8 Å². The summed E-state index contributed by atoms with van der Waals surface area (Å²) >= 11 is 1.97. The van der Waals surface area contributed by atoms with E-state index in [2.05, 4.69) is 19.2 Å². The van der Waals surface area contributed by atoms with Gasteiger partial charge in [-0.25, -0.2) is 0 Å². The molecule has 0 aromatic rings. The van der Waals surface area contributed by atoms with Gasteiger partial charge in [0.1, 0.15) is 0 Å². The zero-order valence-electron chi connectivity index (χ0n) is 11.1. The SMILES string of the molecule is CCOC(CCNC(C)CSCC)OCC. The lowest BCUT2D eigenvalue weighted by molar-refractivity contribution is -0.138. The average molecular weight is 249 g/mol. The van der Waals surface area contributed by atoms with Gasteiger partial charge in [-0.2, -0.15) is 11.8 Å². The van der Waals surface area contributed by atoms with Crippen LogP contribution in [-0.2, 0) is 9.47 Å². The van der Waals surface area contributed by atoms with Crippen molar-refractivity contribution in [2.24, 2.45) is 0 Å². The lowest BCUT2D eigenvalue weighted by Crippen LogP contribution is -2.32. The van der Waals surface area contributed by atoms with E-state index in [1.54, 1.807) is 0 Å². The Labute approximate surface area is 105 Å². The molecule has 0 saturated carbocycles. The standard InChI is InChI=1S/C12H27NO2S/c1-5-14-12(15-6-2)8-9-13-11(4)10-16-7-3/h11-13H,5-10H2,1-4H3. The van der Waals surface area contributed by atoms with Crippen LogP contribution in [0.15, 0.2) is 0 Å². The maximum absolute atomic E-state index is 5.48. The van der Waals surface area contributed by atoms with Gasteiger partial charge in [0, 0.05) is 38.0 Å². The molecule has 0 heterocycles. The highest BCUT2D eigenvalue weighted by molar-refractivity contribution is 7.99. The molecule has 1 N–H and O–H groups in total. The summed E-state index contributed by atoms with van der Waals surface area (Å²) in [7, 11) is 0. The normalized spacial score (nSPS) is 13.3. The molecular formula is C12H27NO2S. The predicted octanol–water partition coefficient (Wildman–Crippen LogP) is 2.51. The first-order chi connectivity index (χ1) is 7.74. The van der Waals surface area contributed by atoms with Gasteiger partial charge in [-0.3, -0.25) is 0 Å². The van der Waals surface area contributed by atoms with Crippen molar-refractivity contribution < 1.29 is 9.47 Å². The highest BCUT2D eigenvalue weighted by Crippen LogP contribution is 2.03. The zero-order chi connectivity index (χ0) is 12.2. The minimum Gasteiger partial charge on any atom is -0.353 e. The number of hydrogen-bond acceptors (Lipinski definition) is 4.